The highest BCUT2D eigenvalue weighted by Crippen LogP contribution is 2.45. The molecule has 0 aliphatic heterocycles. The van der Waals surface area contributed by atoms with Crippen molar-refractivity contribution in [3.8, 4) is 0 Å². The normalized spacial score (nSPS) is 13.2. The predicted molar refractivity (Wildman–Crippen MR) is 130 cm³/mol. The van der Waals surface area contributed by atoms with Crippen LogP contribution in [0.4, 0.5) is 0 Å². The topological polar surface area (TPSA) is 41.9 Å². The fourth-order valence-corrected chi connectivity index (χ4v) is 6.82. The third kappa shape index (κ3) is 16.7. The molecule has 0 aliphatic rings. The van der Waals surface area contributed by atoms with Crippen LogP contribution in [0.1, 0.15) is 92.4 Å². The van der Waals surface area contributed by atoms with Crippen LogP contribution in [0.2, 0.25) is 0 Å². The minimum Gasteiger partial charge on any atom is -0.394 e. The molecule has 0 heterocycles. The first-order valence-electron chi connectivity index (χ1n) is 11.2. The summed E-state index contributed by atoms with van der Waals surface area (Å²) in [4.78, 5) is 0. The average Bonchev–Trinajstić information content (AvgIpc) is 2.65. The summed E-state index contributed by atoms with van der Waals surface area (Å²) in [6.45, 7) is 12.1. The quantitative estimate of drug-likeness (QED) is 0.111. The fourth-order valence-electron chi connectivity index (χ4n) is 2.90. The van der Waals surface area contributed by atoms with Crippen LogP contribution < -0.4 is 0 Å². The lowest BCUT2D eigenvalue weighted by atomic mass is 10.2. The maximum absolute atomic E-state index is 9.08. The standard InChI is InChI=1S/C21H46NO3PS2/c1-6-7-8-10-13-18-27-28-19-14-11-9-12-16-24-26(25-17-15-23)22(20(2)3)21(4)5/h20-21,23H,6-19H2,1-5H3. The van der Waals surface area contributed by atoms with E-state index in [0.29, 0.717) is 18.7 Å². The Morgan fingerprint density at radius 3 is 1.75 bits per heavy atom. The number of aliphatic hydroxyl groups excluding tert-OH is 1. The van der Waals surface area contributed by atoms with Crippen molar-refractivity contribution < 1.29 is 14.2 Å². The maximum atomic E-state index is 9.08. The molecular formula is C21H46NO3PS2. The molecule has 0 bridgehead atoms. The highest BCUT2D eigenvalue weighted by molar-refractivity contribution is 8.76. The van der Waals surface area contributed by atoms with Crippen LogP contribution in [0.3, 0.4) is 0 Å². The minimum absolute atomic E-state index is 0.0423. The Bertz CT molecular complexity index is 318. The highest BCUT2D eigenvalue weighted by Gasteiger charge is 2.26. The molecule has 0 saturated heterocycles. The second-order valence-corrected chi connectivity index (χ2v) is 11.8. The maximum Gasteiger partial charge on any atom is 0.259 e. The van der Waals surface area contributed by atoms with Gasteiger partial charge < -0.3 is 14.2 Å². The van der Waals surface area contributed by atoms with Crippen molar-refractivity contribution in [3.63, 3.8) is 0 Å². The van der Waals surface area contributed by atoms with E-state index in [9.17, 15) is 0 Å². The summed E-state index contributed by atoms with van der Waals surface area (Å²) in [5.74, 6) is 2.57. The summed E-state index contributed by atoms with van der Waals surface area (Å²) >= 11 is 0. The van der Waals surface area contributed by atoms with Gasteiger partial charge in [-0.05, 0) is 47.0 Å². The van der Waals surface area contributed by atoms with Crippen LogP contribution >= 0.6 is 30.1 Å². The molecule has 0 amide bonds. The van der Waals surface area contributed by atoms with Gasteiger partial charge in [0, 0.05) is 23.6 Å². The van der Waals surface area contributed by atoms with Gasteiger partial charge in [-0.1, -0.05) is 67.0 Å². The average molecular weight is 456 g/mol. The number of hydrogen-bond donors (Lipinski definition) is 1. The molecule has 0 radical (unpaired) electrons. The first kappa shape index (κ1) is 29.0. The van der Waals surface area contributed by atoms with E-state index >= 15 is 0 Å². The molecule has 0 fully saturated rings. The Morgan fingerprint density at radius 2 is 1.25 bits per heavy atom. The van der Waals surface area contributed by atoms with Crippen molar-refractivity contribution in [3.05, 3.63) is 0 Å². The summed E-state index contributed by atoms with van der Waals surface area (Å²) in [5.41, 5.74) is 0. The van der Waals surface area contributed by atoms with Gasteiger partial charge in [-0.15, -0.1) is 0 Å². The second-order valence-electron chi connectivity index (χ2n) is 7.67. The van der Waals surface area contributed by atoms with Gasteiger partial charge >= 0.3 is 0 Å². The van der Waals surface area contributed by atoms with Crippen molar-refractivity contribution in [1.29, 1.82) is 0 Å². The minimum atomic E-state index is -1.08. The van der Waals surface area contributed by atoms with E-state index in [1.165, 1.54) is 62.9 Å². The Hall–Kier alpha value is 0.970. The molecule has 4 nitrogen and oxygen atoms in total. The van der Waals surface area contributed by atoms with E-state index in [-0.39, 0.29) is 6.61 Å². The van der Waals surface area contributed by atoms with Crippen LogP contribution in [0, 0.1) is 0 Å². The zero-order chi connectivity index (χ0) is 21.0. The van der Waals surface area contributed by atoms with Crippen molar-refractivity contribution in [2.75, 3.05) is 31.3 Å². The number of hydrogen-bond acceptors (Lipinski definition) is 6. The van der Waals surface area contributed by atoms with Gasteiger partial charge in [0.2, 0.25) is 0 Å². The summed E-state index contributed by atoms with van der Waals surface area (Å²) in [7, 11) is 3.01. The third-order valence-electron chi connectivity index (χ3n) is 4.28. The summed E-state index contributed by atoms with van der Waals surface area (Å²) in [6.07, 6.45) is 11.8. The first-order valence-corrected chi connectivity index (χ1v) is 14.9. The number of nitrogens with zero attached hydrogens (tertiary/aromatic N) is 1. The third-order valence-corrected chi connectivity index (χ3v) is 8.96. The van der Waals surface area contributed by atoms with Crippen LogP contribution in [0.5, 0.6) is 0 Å². The van der Waals surface area contributed by atoms with Crippen molar-refractivity contribution in [1.82, 2.24) is 4.67 Å². The molecular weight excluding hydrogens is 409 g/mol. The van der Waals surface area contributed by atoms with E-state index < -0.39 is 8.53 Å². The van der Waals surface area contributed by atoms with Crippen LogP contribution in [0.15, 0.2) is 0 Å². The van der Waals surface area contributed by atoms with Gasteiger partial charge in [0.25, 0.3) is 8.53 Å². The van der Waals surface area contributed by atoms with E-state index in [2.05, 4.69) is 50.1 Å². The van der Waals surface area contributed by atoms with Crippen molar-refractivity contribution in [2.45, 2.75) is 104 Å². The molecule has 1 atom stereocenters. The summed E-state index contributed by atoms with van der Waals surface area (Å²) in [5, 5.41) is 9.08. The Balaban J connectivity index is 3.69. The molecule has 1 unspecified atom stereocenters. The Kier molecular flexibility index (Phi) is 21.9. The SMILES string of the molecule is CCCCCCCSSCCCCCCOP(OCCO)N(C(C)C)C(C)C. The van der Waals surface area contributed by atoms with Crippen LogP contribution in [-0.4, -0.2) is 53.2 Å². The fraction of sp³-hybridized carbons (Fsp3) is 1.00. The highest BCUT2D eigenvalue weighted by atomic mass is 33.1. The number of rotatable bonds is 21. The van der Waals surface area contributed by atoms with Gasteiger partial charge in [0.15, 0.2) is 0 Å². The van der Waals surface area contributed by atoms with Crippen LogP contribution in [-0.2, 0) is 9.05 Å². The van der Waals surface area contributed by atoms with Crippen LogP contribution in [0.25, 0.3) is 0 Å². The van der Waals surface area contributed by atoms with Gasteiger partial charge in [-0.25, -0.2) is 4.67 Å². The smallest absolute Gasteiger partial charge is 0.259 e. The molecule has 170 valence electrons. The van der Waals surface area contributed by atoms with Gasteiger partial charge in [-0.3, -0.25) is 0 Å². The Labute approximate surface area is 184 Å². The van der Waals surface area contributed by atoms with E-state index in [4.69, 9.17) is 14.2 Å². The largest absolute Gasteiger partial charge is 0.394 e. The number of aliphatic hydroxyl groups is 1. The van der Waals surface area contributed by atoms with Crippen molar-refractivity contribution >= 4 is 30.1 Å². The molecule has 0 aromatic carbocycles. The first-order chi connectivity index (χ1) is 13.5. The van der Waals surface area contributed by atoms with Gasteiger partial charge in [0.1, 0.15) is 0 Å². The molecule has 7 heteroatoms. The molecule has 0 spiro atoms. The van der Waals surface area contributed by atoms with Crippen molar-refractivity contribution in [2.24, 2.45) is 0 Å². The lowest BCUT2D eigenvalue weighted by molar-refractivity contribution is 0.144. The van der Waals surface area contributed by atoms with E-state index in [1.54, 1.807) is 0 Å². The second kappa shape index (κ2) is 21.2. The molecule has 0 rings (SSSR count). The molecule has 28 heavy (non-hydrogen) atoms. The van der Waals surface area contributed by atoms with Gasteiger partial charge in [0.05, 0.1) is 19.8 Å². The molecule has 0 aromatic heterocycles. The summed E-state index contributed by atoms with van der Waals surface area (Å²) in [6, 6.07) is 0.733. The molecule has 1 N–H and O–H groups in total. The zero-order valence-corrected chi connectivity index (χ0v) is 21.6. The number of unbranched alkanes of at least 4 members (excludes halogenated alkanes) is 7. The lowest BCUT2D eigenvalue weighted by Gasteiger charge is -2.35. The van der Waals surface area contributed by atoms with E-state index in [1.807, 2.05) is 10.8 Å². The Morgan fingerprint density at radius 1 is 0.750 bits per heavy atom. The van der Waals surface area contributed by atoms with E-state index in [0.717, 1.165) is 13.0 Å². The molecule has 0 aliphatic carbocycles. The molecule has 0 aromatic rings. The predicted octanol–water partition coefficient (Wildman–Crippen LogP) is 7.27. The van der Waals surface area contributed by atoms with Gasteiger partial charge in [-0.2, -0.15) is 0 Å². The lowest BCUT2D eigenvalue weighted by Crippen LogP contribution is -2.33. The monoisotopic (exact) mass is 455 g/mol. The molecule has 0 saturated carbocycles. The zero-order valence-electron chi connectivity index (χ0n) is 19.0. The summed E-state index contributed by atoms with van der Waals surface area (Å²) < 4.78 is 14.2.